The van der Waals surface area contributed by atoms with Crippen LogP contribution in [0.15, 0.2) is 45.5 Å². The molecule has 2 heterocycles. The predicted molar refractivity (Wildman–Crippen MR) is 95.8 cm³/mol. The first kappa shape index (κ1) is 17.5. The van der Waals surface area contributed by atoms with E-state index in [2.05, 4.69) is 15.8 Å². The number of carbonyl (C=O) groups is 2. The average Bonchev–Trinajstić information content (AvgIpc) is 3.26. The van der Waals surface area contributed by atoms with Crippen LogP contribution in [-0.4, -0.2) is 23.5 Å². The van der Waals surface area contributed by atoms with Crippen LogP contribution < -0.4 is 10.6 Å². The predicted octanol–water partition coefficient (Wildman–Crippen LogP) is 3.23. The molecule has 0 bridgehead atoms. The van der Waals surface area contributed by atoms with Crippen molar-refractivity contribution in [1.29, 1.82) is 0 Å². The van der Waals surface area contributed by atoms with Gasteiger partial charge in [-0.15, -0.1) is 0 Å². The van der Waals surface area contributed by atoms with Gasteiger partial charge in [0.25, 0.3) is 5.91 Å². The van der Waals surface area contributed by atoms with Gasteiger partial charge in [-0.25, -0.2) is 0 Å². The molecule has 0 aliphatic carbocycles. The number of benzene rings is 1. The first-order chi connectivity index (χ1) is 12.4. The Morgan fingerprint density at radius 1 is 1.08 bits per heavy atom. The van der Waals surface area contributed by atoms with E-state index < -0.39 is 5.91 Å². The van der Waals surface area contributed by atoms with E-state index in [-0.39, 0.29) is 18.1 Å². The summed E-state index contributed by atoms with van der Waals surface area (Å²) in [6.45, 7) is 5.69. The third-order valence-electron chi connectivity index (χ3n) is 3.86. The Bertz CT molecular complexity index is 919. The molecule has 0 atom stereocenters. The van der Waals surface area contributed by atoms with Crippen molar-refractivity contribution in [3.63, 3.8) is 0 Å². The largest absolute Gasteiger partial charge is 0.461 e. The summed E-state index contributed by atoms with van der Waals surface area (Å²) in [7, 11) is 0. The number of furan rings is 1. The van der Waals surface area contributed by atoms with Gasteiger partial charge < -0.3 is 19.6 Å². The first-order valence-corrected chi connectivity index (χ1v) is 8.10. The molecular formula is C19H19N3O4. The van der Waals surface area contributed by atoms with Gasteiger partial charge in [0.05, 0.1) is 12.8 Å². The first-order valence-electron chi connectivity index (χ1n) is 8.10. The summed E-state index contributed by atoms with van der Waals surface area (Å²) in [5.74, 6) is -0.00247. The van der Waals surface area contributed by atoms with Gasteiger partial charge in [0, 0.05) is 11.8 Å². The Balaban J connectivity index is 1.59. The number of hydrogen-bond acceptors (Lipinski definition) is 5. The molecule has 0 saturated heterocycles. The van der Waals surface area contributed by atoms with E-state index in [1.807, 2.05) is 32.9 Å². The topological polar surface area (TPSA) is 97.4 Å². The maximum atomic E-state index is 12.1. The fourth-order valence-electron chi connectivity index (χ4n) is 2.73. The zero-order chi connectivity index (χ0) is 18.7. The van der Waals surface area contributed by atoms with E-state index in [0.717, 1.165) is 22.4 Å². The summed E-state index contributed by atoms with van der Waals surface area (Å²) in [5, 5.41) is 9.04. The minimum Gasteiger partial charge on any atom is -0.461 e. The highest BCUT2D eigenvalue weighted by molar-refractivity contribution is 5.99. The van der Waals surface area contributed by atoms with Crippen molar-refractivity contribution in [2.24, 2.45) is 0 Å². The lowest BCUT2D eigenvalue weighted by Crippen LogP contribution is -2.33. The Hall–Kier alpha value is -3.35. The molecule has 0 unspecified atom stereocenters. The Labute approximate surface area is 150 Å². The van der Waals surface area contributed by atoms with Crippen molar-refractivity contribution >= 4 is 17.5 Å². The van der Waals surface area contributed by atoms with Gasteiger partial charge in [-0.05, 0) is 44.0 Å². The van der Waals surface area contributed by atoms with E-state index >= 15 is 0 Å². The molecule has 0 fully saturated rings. The van der Waals surface area contributed by atoms with Crippen molar-refractivity contribution in [2.45, 2.75) is 20.8 Å². The summed E-state index contributed by atoms with van der Waals surface area (Å²) in [4.78, 5) is 24.3. The van der Waals surface area contributed by atoms with Crippen LogP contribution in [0, 0.1) is 20.8 Å². The van der Waals surface area contributed by atoms with Gasteiger partial charge in [0.1, 0.15) is 0 Å². The summed E-state index contributed by atoms with van der Waals surface area (Å²) < 4.78 is 10.2. The number of rotatable bonds is 5. The zero-order valence-corrected chi connectivity index (χ0v) is 14.8. The lowest BCUT2D eigenvalue weighted by Gasteiger charge is -2.13. The monoisotopic (exact) mass is 353 g/mol. The number of nitrogens with one attached hydrogen (secondary N) is 2. The molecule has 3 rings (SSSR count). The van der Waals surface area contributed by atoms with Gasteiger partial charge in [-0.2, -0.15) is 0 Å². The summed E-state index contributed by atoms with van der Waals surface area (Å²) in [6.07, 6.45) is 1.50. The third-order valence-corrected chi connectivity index (χ3v) is 3.86. The highest BCUT2D eigenvalue weighted by atomic mass is 16.5. The van der Waals surface area contributed by atoms with Crippen molar-refractivity contribution in [3.05, 3.63) is 59.0 Å². The Morgan fingerprint density at radius 2 is 1.81 bits per heavy atom. The van der Waals surface area contributed by atoms with E-state index in [4.69, 9.17) is 8.94 Å². The van der Waals surface area contributed by atoms with Crippen molar-refractivity contribution < 1.29 is 18.5 Å². The fourth-order valence-corrected chi connectivity index (χ4v) is 2.73. The zero-order valence-electron chi connectivity index (χ0n) is 14.8. The molecule has 0 radical (unpaired) electrons. The number of amides is 2. The SMILES string of the molecule is Cc1cc(C)c(NC(=O)CNC(=O)c2cc(-c3ccco3)on2)c(C)c1. The molecule has 2 N–H and O–H groups in total. The number of hydrogen-bond donors (Lipinski definition) is 2. The third kappa shape index (κ3) is 3.83. The normalized spacial score (nSPS) is 10.6. The molecule has 7 heteroatoms. The molecule has 1 aromatic carbocycles. The minimum absolute atomic E-state index is 0.0758. The van der Waals surface area contributed by atoms with Gasteiger partial charge in [0.15, 0.2) is 11.5 Å². The van der Waals surface area contributed by atoms with Gasteiger partial charge in [-0.1, -0.05) is 22.9 Å². The fraction of sp³-hybridized carbons (Fsp3) is 0.211. The molecule has 2 aromatic heterocycles. The average molecular weight is 353 g/mol. The molecule has 7 nitrogen and oxygen atoms in total. The summed E-state index contributed by atoms with van der Waals surface area (Å²) in [5.41, 5.74) is 3.91. The Morgan fingerprint density at radius 3 is 2.46 bits per heavy atom. The van der Waals surface area contributed by atoms with Crippen LogP contribution in [0.25, 0.3) is 11.5 Å². The number of carbonyl (C=O) groups excluding carboxylic acids is 2. The smallest absolute Gasteiger partial charge is 0.273 e. The highest BCUT2D eigenvalue weighted by Crippen LogP contribution is 2.22. The molecule has 0 aliphatic rings. The minimum atomic E-state index is -0.501. The van der Waals surface area contributed by atoms with Gasteiger partial charge in [0.2, 0.25) is 11.7 Å². The lowest BCUT2D eigenvalue weighted by molar-refractivity contribution is -0.115. The van der Waals surface area contributed by atoms with Crippen LogP contribution in [0.5, 0.6) is 0 Å². The molecular weight excluding hydrogens is 334 g/mol. The van der Waals surface area contributed by atoms with Crippen LogP contribution in [0.3, 0.4) is 0 Å². The van der Waals surface area contributed by atoms with Crippen LogP contribution in [0.1, 0.15) is 27.2 Å². The lowest BCUT2D eigenvalue weighted by atomic mass is 10.1. The second-order valence-electron chi connectivity index (χ2n) is 6.06. The molecule has 26 heavy (non-hydrogen) atoms. The van der Waals surface area contributed by atoms with Crippen molar-refractivity contribution in [3.8, 4) is 11.5 Å². The summed E-state index contributed by atoms with van der Waals surface area (Å²) in [6, 6.07) is 8.85. The van der Waals surface area contributed by atoms with Crippen LogP contribution in [-0.2, 0) is 4.79 Å². The van der Waals surface area contributed by atoms with Crippen molar-refractivity contribution in [1.82, 2.24) is 10.5 Å². The second-order valence-corrected chi connectivity index (χ2v) is 6.06. The number of aryl methyl sites for hydroxylation is 3. The number of nitrogens with zero attached hydrogens (tertiary/aromatic N) is 1. The maximum Gasteiger partial charge on any atom is 0.273 e. The van der Waals surface area contributed by atoms with E-state index in [1.165, 1.54) is 12.3 Å². The number of anilines is 1. The molecule has 0 saturated carbocycles. The van der Waals surface area contributed by atoms with Crippen molar-refractivity contribution in [2.75, 3.05) is 11.9 Å². The molecule has 2 amide bonds. The highest BCUT2D eigenvalue weighted by Gasteiger charge is 2.16. The van der Waals surface area contributed by atoms with Crippen LogP contribution in [0.4, 0.5) is 5.69 Å². The quantitative estimate of drug-likeness (QED) is 0.734. The molecule has 0 aliphatic heterocycles. The van der Waals surface area contributed by atoms with E-state index in [0.29, 0.717) is 11.5 Å². The maximum absolute atomic E-state index is 12.1. The van der Waals surface area contributed by atoms with Crippen LogP contribution in [0.2, 0.25) is 0 Å². The standard InChI is InChI=1S/C19H19N3O4/c1-11-7-12(2)18(13(3)8-11)21-17(23)10-20-19(24)14-9-16(26-22-14)15-5-4-6-25-15/h4-9H,10H2,1-3H3,(H,20,24)(H,21,23). The Kier molecular flexibility index (Phi) is 4.88. The van der Waals surface area contributed by atoms with Gasteiger partial charge in [-0.3, -0.25) is 9.59 Å². The summed E-state index contributed by atoms with van der Waals surface area (Å²) >= 11 is 0. The number of aromatic nitrogens is 1. The van der Waals surface area contributed by atoms with E-state index in [1.54, 1.807) is 12.1 Å². The molecule has 134 valence electrons. The molecule has 3 aromatic rings. The van der Waals surface area contributed by atoms with E-state index in [9.17, 15) is 9.59 Å². The molecule has 0 spiro atoms. The van der Waals surface area contributed by atoms with Crippen LogP contribution >= 0.6 is 0 Å². The van der Waals surface area contributed by atoms with Gasteiger partial charge >= 0.3 is 0 Å². The second kappa shape index (κ2) is 7.26.